The Kier molecular flexibility index (Phi) is 7.30. The molecule has 2 aromatic carbocycles. The SMILES string of the molecule is COC1CCC2(CC1)Cc1ccc(Oc3cccc(C#N)c3)cc1C21CN(C)C(N)=N1.O=C(O)C(F)(F)F. The van der Waals surface area contributed by atoms with E-state index in [1.54, 1.807) is 12.1 Å². The lowest BCUT2D eigenvalue weighted by molar-refractivity contribution is -0.192. The van der Waals surface area contributed by atoms with Gasteiger partial charge in [0.2, 0.25) is 0 Å². The minimum Gasteiger partial charge on any atom is -0.475 e. The standard InChI is InChI=1S/C25H28N4O2.C2HF3O2/c1-29-16-25(28-23(29)27)22-13-21(31-20-5-3-4-17(12-20)15-26)7-6-18(22)14-24(25)10-8-19(30-2)9-11-24;3-2(4,5)1(6)7/h3-7,12-13,19H,8-11,14,16H2,1-2H3,(H2,27,28);(H,6,7). The molecule has 1 fully saturated rings. The van der Waals surface area contributed by atoms with Crippen molar-refractivity contribution in [1.29, 1.82) is 5.26 Å². The molecule has 1 aliphatic heterocycles. The molecule has 2 aromatic rings. The first-order valence-corrected chi connectivity index (χ1v) is 12.1. The van der Waals surface area contributed by atoms with Gasteiger partial charge in [-0.1, -0.05) is 12.1 Å². The van der Waals surface area contributed by atoms with Crippen LogP contribution in [0.2, 0.25) is 0 Å². The average molecular weight is 531 g/mol. The fourth-order valence-corrected chi connectivity index (χ4v) is 5.86. The van der Waals surface area contributed by atoms with Gasteiger partial charge in [-0.25, -0.2) is 9.79 Å². The molecule has 1 heterocycles. The van der Waals surface area contributed by atoms with E-state index in [1.165, 1.54) is 11.1 Å². The predicted octanol–water partition coefficient (Wildman–Crippen LogP) is 4.57. The third-order valence-electron chi connectivity index (χ3n) is 7.76. The zero-order valence-electron chi connectivity index (χ0n) is 21.1. The lowest BCUT2D eigenvalue weighted by Crippen LogP contribution is -2.47. The van der Waals surface area contributed by atoms with Crippen LogP contribution < -0.4 is 10.5 Å². The smallest absolute Gasteiger partial charge is 0.475 e. The van der Waals surface area contributed by atoms with E-state index in [1.807, 2.05) is 32.4 Å². The molecule has 202 valence electrons. The van der Waals surface area contributed by atoms with Gasteiger partial charge in [0.15, 0.2) is 5.96 Å². The highest BCUT2D eigenvalue weighted by Gasteiger charge is 2.61. The minimum absolute atomic E-state index is 0.0547. The number of fused-ring (bicyclic) bond motifs is 3. The Morgan fingerprint density at radius 3 is 2.42 bits per heavy atom. The monoisotopic (exact) mass is 530 g/mol. The number of hydrogen-bond acceptors (Lipinski definition) is 7. The summed E-state index contributed by atoms with van der Waals surface area (Å²) in [6.45, 7) is 0.789. The van der Waals surface area contributed by atoms with Crippen LogP contribution in [0, 0.1) is 16.7 Å². The predicted molar refractivity (Wildman–Crippen MR) is 133 cm³/mol. The van der Waals surface area contributed by atoms with E-state index in [0.29, 0.717) is 23.4 Å². The lowest BCUT2D eigenvalue weighted by atomic mass is 9.61. The van der Waals surface area contributed by atoms with Gasteiger partial charge in [-0.3, -0.25) is 0 Å². The number of hydrogen-bond donors (Lipinski definition) is 2. The minimum atomic E-state index is -5.08. The molecule has 2 aliphatic carbocycles. The molecule has 2 spiro atoms. The molecule has 0 saturated heterocycles. The summed E-state index contributed by atoms with van der Waals surface area (Å²) < 4.78 is 43.5. The van der Waals surface area contributed by atoms with Gasteiger partial charge in [0.05, 0.1) is 24.3 Å². The Morgan fingerprint density at radius 1 is 1.21 bits per heavy atom. The summed E-state index contributed by atoms with van der Waals surface area (Å²) in [5.41, 5.74) is 9.16. The van der Waals surface area contributed by atoms with Crippen LogP contribution in [0.15, 0.2) is 47.5 Å². The van der Waals surface area contributed by atoms with Crippen LogP contribution in [0.25, 0.3) is 0 Å². The zero-order valence-corrected chi connectivity index (χ0v) is 21.1. The van der Waals surface area contributed by atoms with Crippen LogP contribution in [0.4, 0.5) is 13.2 Å². The van der Waals surface area contributed by atoms with Crippen molar-refractivity contribution < 1.29 is 32.5 Å². The summed E-state index contributed by atoms with van der Waals surface area (Å²) in [5, 5.41) is 16.3. The Balaban J connectivity index is 0.000000426. The largest absolute Gasteiger partial charge is 0.490 e. The molecule has 0 amide bonds. The second-order valence-electron chi connectivity index (χ2n) is 9.94. The number of halogens is 3. The van der Waals surface area contributed by atoms with Crippen LogP contribution in [-0.2, 0) is 21.5 Å². The van der Waals surface area contributed by atoms with Crippen LogP contribution in [-0.4, -0.2) is 54.9 Å². The topological polar surface area (TPSA) is 121 Å². The third kappa shape index (κ3) is 5.00. The van der Waals surface area contributed by atoms with Gasteiger partial charge in [-0.2, -0.15) is 18.4 Å². The molecule has 11 heteroatoms. The summed E-state index contributed by atoms with van der Waals surface area (Å²) in [6.07, 6.45) is 0.508. The number of carboxylic acid groups (broad SMARTS) is 1. The molecule has 3 N–H and O–H groups in total. The van der Waals surface area contributed by atoms with E-state index in [9.17, 15) is 18.4 Å². The normalized spacial score (nSPS) is 25.8. The zero-order chi connectivity index (χ0) is 27.7. The number of alkyl halides is 3. The van der Waals surface area contributed by atoms with Gasteiger partial charge in [0.25, 0.3) is 0 Å². The van der Waals surface area contributed by atoms with Crippen molar-refractivity contribution in [2.24, 2.45) is 16.1 Å². The van der Waals surface area contributed by atoms with Crippen molar-refractivity contribution in [2.45, 2.75) is 49.9 Å². The van der Waals surface area contributed by atoms with Crippen LogP contribution in [0.1, 0.15) is 42.4 Å². The van der Waals surface area contributed by atoms with Crippen molar-refractivity contribution in [3.63, 3.8) is 0 Å². The molecule has 0 aromatic heterocycles. The quantitative estimate of drug-likeness (QED) is 0.596. The van der Waals surface area contributed by atoms with E-state index in [-0.39, 0.29) is 11.0 Å². The number of carbonyl (C=O) groups is 1. The second-order valence-corrected chi connectivity index (χ2v) is 9.94. The van der Waals surface area contributed by atoms with E-state index in [0.717, 1.165) is 44.4 Å². The summed E-state index contributed by atoms with van der Waals surface area (Å²) >= 11 is 0. The van der Waals surface area contributed by atoms with Gasteiger partial charge in [0, 0.05) is 19.6 Å². The Labute approximate surface area is 218 Å². The van der Waals surface area contributed by atoms with E-state index in [2.05, 4.69) is 23.1 Å². The number of aliphatic imine (C=N–C) groups is 1. The number of likely N-dealkylation sites (N-methyl/N-ethyl adjacent to an activating group) is 1. The number of rotatable bonds is 3. The van der Waals surface area contributed by atoms with Crippen molar-refractivity contribution in [1.82, 2.24) is 4.90 Å². The highest BCUT2D eigenvalue weighted by atomic mass is 19.4. The van der Waals surface area contributed by atoms with E-state index < -0.39 is 12.1 Å². The number of carboxylic acids is 1. The first-order valence-electron chi connectivity index (χ1n) is 12.1. The van der Waals surface area contributed by atoms with Gasteiger partial charge < -0.3 is 25.2 Å². The average Bonchev–Trinajstić information content (AvgIpc) is 3.32. The van der Waals surface area contributed by atoms with E-state index in [4.69, 9.17) is 30.1 Å². The van der Waals surface area contributed by atoms with Crippen LogP contribution >= 0.6 is 0 Å². The molecule has 1 atom stereocenters. The van der Waals surface area contributed by atoms with Crippen molar-refractivity contribution >= 4 is 11.9 Å². The van der Waals surface area contributed by atoms with Crippen molar-refractivity contribution in [3.8, 4) is 17.6 Å². The summed E-state index contributed by atoms with van der Waals surface area (Å²) in [5.74, 6) is -0.728. The molecular formula is C27H29F3N4O4. The van der Waals surface area contributed by atoms with E-state index >= 15 is 0 Å². The second kappa shape index (κ2) is 10.2. The maximum atomic E-state index is 10.6. The number of nitrogens with zero attached hydrogens (tertiary/aromatic N) is 3. The fourth-order valence-electron chi connectivity index (χ4n) is 5.86. The number of methoxy groups -OCH3 is 1. The molecule has 0 radical (unpaired) electrons. The number of aliphatic carboxylic acids is 1. The first-order chi connectivity index (χ1) is 17.9. The first kappa shape index (κ1) is 27.3. The molecule has 38 heavy (non-hydrogen) atoms. The van der Waals surface area contributed by atoms with Crippen LogP contribution in [0.3, 0.4) is 0 Å². The number of guanidine groups is 1. The number of nitriles is 1. The third-order valence-corrected chi connectivity index (χ3v) is 7.76. The van der Waals surface area contributed by atoms with Crippen molar-refractivity contribution in [3.05, 3.63) is 59.2 Å². The molecule has 8 nitrogen and oxygen atoms in total. The van der Waals surface area contributed by atoms with Gasteiger partial charge >= 0.3 is 12.1 Å². The molecule has 0 bridgehead atoms. The molecule has 3 aliphatic rings. The van der Waals surface area contributed by atoms with Gasteiger partial charge in [0.1, 0.15) is 17.0 Å². The Bertz CT molecular complexity index is 1280. The number of ether oxygens (including phenoxy) is 2. The van der Waals surface area contributed by atoms with Gasteiger partial charge in [-0.15, -0.1) is 0 Å². The molecule has 1 unspecified atom stereocenters. The van der Waals surface area contributed by atoms with Crippen LogP contribution in [0.5, 0.6) is 11.5 Å². The summed E-state index contributed by atoms with van der Waals surface area (Å²) in [6, 6.07) is 15.8. The Hall–Kier alpha value is -3.78. The van der Waals surface area contributed by atoms with Gasteiger partial charge in [-0.05, 0) is 73.6 Å². The Morgan fingerprint density at radius 2 is 1.87 bits per heavy atom. The lowest BCUT2D eigenvalue weighted by Gasteiger charge is -2.46. The highest BCUT2D eigenvalue weighted by molar-refractivity contribution is 5.81. The molecule has 1 saturated carbocycles. The molecule has 5 rings (SSSR count). The fraction of sp³-hybridized carbons (Fsp3) is 0.444. The summed E-state index contributed by atoms with van der Waals surface area (Å²) in [7, 11) is 3.83. The maximum absolute atomic E-state index is 10.6. The maximum Gasteiger partial charge on any atom is 0.490 e. The molecular weight excluding hydrogens is 501 g/mol. The summed E-state index contributed by atoms with van der Waals surface area (Å²) in [4.78, 5) is 16.1. The number of benzene rings is 2. The van der Waals surface area contributed by atoms with Crippen molar-refractivity contribution in [2.75, 3.05) is 20.7 Å². The number of nitrogens with two attached hydrogens (primary N) is 1. The highest BCUT2D eigenvalue weighted by Crippen LogP contribution is 2.61.